The number of nitrogens with two attached hydrogens (primary N) is 1. The summed E-state index contributed by atoms with van der Waals surface area (Å²) >= 11 is 5.87. The number of nitrogens with zero attached hydrogens (tertiary/aromatic N) is 2. The van der Waals surface area contributed by atoms with Crippen molar-refractivity contribution in [3.8, 4) is 0 Å². The molecular formula is C11H16ClN3O3S. The van der Waals surface area contributed by atoms with Crippen LogP contribution in [-0.2, 0) is 14.8 Å². The molecule has 19 heavy (non-hydrogen) atoms. The Kier molecular flexibility index (Phi) is 4.78. The molecule has 0 aliphatic rings. The Morgan fingerprint density at radius 3 is 2.42 bits per heavy atom. The van der Waals surface area contributed by atoms with Crippen LogP contribution in [0.3, 0.4) is 0 Å². The lowest BCUT2D eigenvalue weighted by Crippen LogP contribution is -2.37. The summed E-state index contributed by atoms with van der Waals surface area (Å²) < 4.78 is 25.5. The van der Waals surface area contributed by atoms with Gasteiger partial charge in [0.15, 0.2) is 0 Å². The van der Waals surface area contributed by atoms with E-state index < -0.39 is 10.0 Å². The van der Waals surface area contributed by atoms with E-state index in [9.17, 15) is 13.2 Å². The minimum atomic E-state index is -3.85. The molecule has 0 unspecified atom stereocenters. The fourth-order valence-corrected chi connectivity index (χ4v) is 2.93. The number of hydrogen-bond acceptors (Lipinski definition) is 4. The molecular weight excluding hydrogens is 290 g/mol. The maximum atomic E-state index is 12.3. The molecule has 2 N–H and O–H groups in total. The summed E-state index contributed by atoms with van der Waals surface area (Å²) in [6.07, 6.45) is 0. The molecule has 8 heteroatoms. The van der Waals surface area contributed by atoms with E-state index in [1.54, 1.807) is 14.1 Å². The Morgan fingerprint density at radius 1 is 1.32 bits per heavy atom. The van der Waals surface area contributed by atoms with Gasteiger partial charge in [0.05, 0.1) is 11.6 Å². The lowest BCUT2D eigenvalue weighted by molar-refractivity contribution is -0.128. The molecule has 106 valence electrons. The van der Waals surface area contributed by atoms with E-state index in [2.05, 4.69) is 0 Å². The zero-order valence-corrected chi connectivity index (χ0v) is 12.5. The molecule has 0 saturated carbocycles. The Hall–Kier alpha value is -1.31. The number of carbonyl (C=O) groups is 1. The van der Waals surface area contributed by atoms with Crippen LogP contribution in [0.15, 0.2) is 23.1 Å². The summed E-state index contributed by atoms with van der Waals surface area (Å²) in [6.45, 7) is -0.263. The van der Waals surface area contributed by atoms with E-state index in [1.807, 2.05) is 0 Å². The molecule has 0 aliphatic heterocycles. The highest BCUT2D eigenvalue weighted by molar-refractivity contribution is 7.89. The van der Waals surface area contributed by atoms with Crippen molar-refractivity contribution in [1.82, 2.24) is 9.21 Å². The van der Waals surface area contributed by atoms with Gasteiger partial charge >= 0.3 is 0 Å². The molecule has 0 spiro atoms. The third-order valence-corrected chi connectivity index (χ3v) is 4.79. The molecule has 0 radical (unpaired) electrons. The van der Waals surface area contributed by atoms with Gasteiger partial charge in [0.1, 0.15) is 4.90 Å². The lowest BCUT2D eigenvalue weighted by Gasteiger charge is -2.19. The van der Waals surface area contributed by atoms with Crippen LogP contribution in [0.5, 0.6) is 0 Å². The Labute approximate surface area is 117 Å². The van der Waals surface area contributed by atoms with Crippen molar-refractivity contribution < 1.29 is 13.2 Å². The van der Waals surface area contributed by atoms with Gasteiger partial charge in [0.25, 0.3) is 0 Å². The van der Waals surface area contributed by atoms with Gasteiger partial charge in [-0.05, 0) is 18.2 Å². The van der Waals surface area contributed by atoms with E-state index in [4.69, 9.17) is 17.3 Å². The smallest absolute Gasteiger partial charge is 0.244 e. The monoisotopic (exact) mass is 305 g/mol. The third kappa shape index (κ3) is 3.59. The summed E-state index contributed by atoms with van der Waals surface area (Å²) in [5, 5.41) is 0.0679. The molecule has 0 bridgehead atoms. The van der Waals surface area contributed by atoms with E-state index in [0.29, 0.717) is 0 Å². The first kappa shape index (κ1) is 15.7. The SMILES string of the molecule is CN(C)C(=O)CN(C)S(=O)(=O)c1cc(N)ccc1Cl. The Bertz CT molecular complexity index is 587. The highest BCUT2D eigenvalue weighted by atomic mass is 35.5. The predicted octanol–water partition coefficient (Wildman–Crippen LogP) is 0.631. The maximum absolute atomic E-state index is 12.3. The van der Waals surface area contributed by atoms with Crippen molar-refractivity contribution in [2.75, 3.05) is 33.4 Å². The van der Waals surface area contributed by atoms with E-state index in [0.717, 1.165) is 4.31 Å². The lowest BCUT2D eigenvalue weighted by atomic mass is 10.3. The molecule has 6 nitrogen and oxygen atoms in total. The summed E-state index contributed by atoms with van der Waals surface area (Å²) in [4.78, 5) is 12.7. The van der Waals surface area contributed by atoms with Crippen LogP contribution in [0, 0.1) is 0 Å². The third-order valence-electron chi connectivity index (χ3n) is 2.50. The van der Waals surface area contributed by atoms with Gasteiger partial charge in [-0.15, -0.1) is 0 Å². The highest BCUT2D eigenvalue weighted by Gasteiger charge is 2.26. The standard InChI is InChI=1S/C11H16ClN3O3S/c1-14(2)11(16)7-15(3)19(17,18)10-6-8(13)4-5-9(10)12/h4-6H,7,13H2,1-3H3. The van der Waals surface area contributed by atoms with E-state index >= 15 is 0 Å². The minimum Gasteiger partial charge on any atom is -0.399 e. The molecule has 0 saturated heterocycles. The molecule has 0 atom stereocenters. The molecule has 1 aromatic carbocycles. The number of nitrogen functional groups attached to an aromatic ring is 1. The fraction of sp³-hybridized carbons (Fsp3) is 0.364. The average Bonchev–Trinajstić information content (AvgIpc) is 2.31. The number of carbonyl (C=O) groups excluding carboxylic acids is 1. The number of rotatable bonds is 4. The maximum Gasteiger partial charge on any atom is 0.244 e. The highest BCUT2D eigenvalue weighted by Crippen LogP contribution is 2.26. The number of benzene rings is 1. The first-order valence-electron chi connectivity index (χ1n) is 5.37. The normalized spacial score (nSPS) is 11.6. The molecule has 1 aromatic rings. The number of amides is 1. The molecule has 0 aromatic heterocycles. The van der Waals surface area contributed by atoms with Crippen LogP contribution in [0.2, 0.25) is 5.02 Å². The first-order valence-corrected chi connectivity index (χ1v) is 7.19. The van der Waals surface area contributed by atoms with Gasteiger partial charge in [-0.25, -0.2) is 8.42 Å². The summed E-state index contributed by atoms with van der Waals surface area (Å²) in [7, 11) is 0.573. The Balaban J connectivity index is 3.10. The second-order valence-corrected chi connectivity index (χ2v) is 6.66. The summed E-state index contributed by atoms with van der Waals surface area (Å²) in [5.41, 5.74) is 5.84. The van der Waals surface area contributed by atoms with Gasteiger partial charge in [-0.3, -0.25) is 4.79 Å². The zero-order valence-electron chi connectivity index (χ0n) is 10.9. The van der Waals surface area contributed by atoms with Gasteiger partial charge in [0, 0.05) is 26.8 Å². The van der Waals surface area contributed by atoms with Crippen LogP contribution in [0.25, 0.3) is 0 Å². The number of likely N-dealkylation sites (N-methyl/N-ethyl adjacent to an activating group) is 2. The predicted molar refractivity (Wildman–Crippen MR) is 74.4 cm³/mol. The number of halogens is 1. The van der Waals surface area contributed by atoms with Gasteiger partial charge in [-0.2, -0.15) is 4.31 Å². The van der Waals surface area contributed by atoms with Crippen LogP contribution in [0.4, 0.5) is 5.69 Å². The second-order valence-electron chi connectivity index (χ2n) is 4.24. The van der Waals surface area contributed by atoms with E-state index in [1.165, 1.54) is 30.1 Å². The van der Waals surface area contributed by atoms with Crippen molar-refractivity contribution in [2.24, 2.45) is 0 Å². The van der Waals surface area contributed by atoms with Gasteiger partial charge in [-0.1, -0.05) is 11.6 Å². The molecule has 0 aliphatic carbocycles. The molecule has 1 amide bonds. The first-order chi connectivity index (χ1) is 8.66. The number of hydrogen-bond donors (Lipinski definition) is 1. The zero-order chi connectivity index (χ0) is 14.8. The average molecular weight is 306 g/mol. The molecule has 1 rings (SSSR count). The molecule has 0 fully saturated rings. The second kappa shape index (κ2) is 5.77. The van der Waals surface area contributed by atoms with Gasteiger partial charge < -0.3 is 10.6 Å². The largest absolute Gasteiger partial charge is 0.399 e. The molecule has 0 heterocycles. The van der Waals surface area contributed by atoms with Crippen LogP contribution >= 0.6 is 11.6 Å². The number of sulfonamides is 1. The number of anilines is 1. The van der Waals surface area contributed by atoms with Crippen LogP contribution < -0.4 is 5.73 Å². The summed E-state index contributed by atoms with van der Waals surface area (Å²) in [6, 6.07) is 4.19. The van der Waals surface area contributed by atoms with Crippen LogP contribution in [0.1, 0.15) is 0 Å². The fourth-order valence-electron chi connectivity index (χ4n) is 1.30. The van der Waals surface area contributed by atoms with Crippen molar-refractivity contribution in [3.05, 3.63) is 23.2 Å². The minimum absolute atomic E-state index is 0.0679. The quantitative estimate of drug-likeness (QED) is 0.827. The van der Waals surface area contributed by atoms with Gasteiger partial charge in [0.2, 0.25) is 15.9 Å². The van der Waals surface area contributed by atoms with Crippen molar-refractivity contribution in [2.45, 2.75) is 4.90 Å². The van der Waals surface area contributed by atoms with Crippen LogP contribution in [-0.4, -0.2) is 51.2 Å². The van der Waals surface area contributed by atoms with Crippen molar-refractivity contribution in [1.29, 1.82) is 0 Å². The summed E-state index contributed by atoms with van der Waals surface area (Å²) in [5.74, 6) is -0.328. The van der Waals surface area contributed by atoms with Crippen molar-refractivity contribution in [3.63, 3.8) is 0 Å². The van der Waals surface area contributed by atoms with E-state index in [-0.39, 0.29) is 28.1 Å². The Morgan fingerprint density at radius 2 is 1.89 bits per heavy atom. The topological polar surface area (TPSA) is 83.7 Å². The van der Waals surface area contributed by atoms with Crippen molar-refractivity contribution >= 4 is 33.2 Å².